The van der Waals surface area contributed by atoms with Gasteiger partial charge in [0.15, 0.2) is 17.5 Å². The van der Waals surface area contributed by atoms with Crippen molar-refractivity contribution in [3.63, 3.8) is 0 Å². The molecular formula is C12H11BrF2N4. The highest BCUT2D eigenvalue weighted by Gasteiger charge is 2.26. The average Bonchev–Trinajstić information content (AvgIpc) is 2.96. The zero-order valence-corrected chi connectivity index (χ0v) is 11.6. The summed E-state index contributed by atoms with van der Waals surface area (Å²) in [7, 11) is 0. The van der Waals surface area contributed by atoms with Gasteiger partial charge in [-0.1, -0.05) is 28.8 Å². The Kier molecular flexibility index (Phi) is 3.30. The van der Waals surface area contributed by atoms with Crippen molar-refractivity contribution in [2.24, 2.45) is 0 Å². The van der Waals surface area contributed by atoms with Crippen molar-refractivity contribution >= 4 is 15.9 Å². The van der Waals surface area contributed by atoms with Crippen LogP contribution < -0.4 is 0 Å². The maximum atomic E-state index is 14.0. The predicted octanol–water partition coefficient (Wildman–Crippen LogP) is 3.36. The van der Waals surface area contributed by atoms with Crippen LogP contribution in [-0.2, 0) is 0 Å². The summed E-state index contributed by atoms with van der Waals surface area (Å²) < 4.78 is 29.4. The van der Waals surface area contributed by atoms with Gasteiger partial charge in [-0.05, 0) is 35.4 Å². The fraction of sp³-hybridized carbons (Fsp3) is 0.417. The molecule has 19 heavy (non-hydrogen) atoms. The lowest BCUT2D eigenvalue weighted by Crippen LogP contribution is -2.10. The minimum Gasteiger partial charge on any atom is -0.204 e. The lowest BCUT2D eigenvalue weighted by atomic mass is 10.1. The Morgan fingerprint density at radius 1 is 1.16 bits per heavy atom. The van der Waals surface area contributed by atoms with E-state index < -0.39 is 11.6 Å². The first kappa shape index (κ1) is 12.7. The van der Waals surface area contributed by atoms with Gasteiger partial charge in [0.2, 0.25) is 0 Å². The van der Waals surface area contributed by atoms with E-state index in [1.807, 2.05) is 0 Å². The fourth-order valence-corrected chi connectivity index (χ4v) is 2.93. The molecule has 1 fully saturated rings. The van der Waals surface area contributed by atoms with Crippen LogP contribution in [0.2, 0.25) is 0 Å². The molecule has 1 aliphatic rings. The molecule has 0 aliphatic heterocycles. The van der Waals surface area contributed by atoms with Crippen molar-refractivity contribution in [3.05, 3.63) is 34.1 Å². The molecule has 4 nitrogen and oxygen atoms in total. The maximum absolute atomic E-state index is 14.0. The molecule has 0 radical (unpaired) electrons. The standard InChI is InChI=1S/C12H11BrF2N4/c13-8-5-9(14)11(10(15)6-8)19-12(16-17-18-19)7-3-1-2-4-7/h5-7H,1-4H2. The monoisotopic (exact) mass is 328 g/mol. The van der Waals surface area contributed by atoms with E-state index in [0.717, 1.165) is 25.7 Å². The number of aromatic nitrogens is 4. The molecule has 1 aliphatic carbocycles. The molecule has 100 valence electrons. The van der Waals surface area contributed by atoms with Crippen LogP contribution in [0, 0.1) is 11.6 Å². The summed E-state index contributed by atoms with van der Waals surface area (Å²) >= 11 is 3.05. The Hall–Kier alpha value is -1.37. The second-order valence-electron chi connectivity index (χ2n) is 4.65. The van der Waals surface area contributed by atoms with Crippen LogP contribution in [0.3, 0.4) is 0 Å². The lowest BCUT2D eigenvalue weighted by Gasteiger charge is -2.11. The van der Waals surface area contributed by atoms with Crippen LogP contribution >= 0.6 is 15.9 Å². The Bertz CT molecular complexity index is 585. The summed E-state index contributed by atoms with van der Waals surface area (Å²) in [5, 5.41) is 11.2. The van der Waals surface area contributed by atoms with E-state index in [1.165, 1.54) is 16.8 Å². The van der Waals surface area contributed by atoms with Crippen molar-refractivity contribution in [1.82, 2.24) is 20.2 Å². The second kappa shape index (κ2) is 4.96. The van der Waals surface area contributed by atoms with Gasteiger partial charge in [0.25, 0.3) is 0 Å². The van der Waals surface area contributed by atoms with Gasteiger partial charge >= 0.3 is 0 Å². The minimum absolute atomic E-state index is 0.178. The van der Waals surface area contributed by atoms with Crippen LogP contribution in [0.25, 0.3) is 5.69 Å². The molecule has 7 heteroatoms. The Morgan fingerprint density at radius 3 is 2.42 bits per heavy atom. The molecule has 0 amide bonds. The second-order valence-corrected chi connectivity index (χ2v) is 5.56. The number of halogens is 3. The van der Waals surface area contributed by atoms with Gasteiger partial charge in [0.05, 0.1) is 0 Å². The van der Waals surface area contributed by atoms with E-state index >= 15 is 0 Å². The molecule has 2 aromatic rings. The molecule has 0 atom stereocenters. The molecule has 0 saturated heterocycles. The Morgan fingerprint density at radius 2 is 1.79 bits per heavy atom. The fourth-order valence-electron chi connectivity index (χ4n) is 2.53. The molecule has 0 unspecified atom stereocenters. The van der Waals surface area contributed by atoms with E-state index in [2.05, 4.69) is 31.5 Å². The molecule has 3 rings (SSSR count). The molecule has 0 N–H and O–H groups in total. The zero-order valence-electron chi connectivity index (χ0n) is 9.98. The highest BCUT2D eigenvalue weighted by molar-refractivity contribution is 9.10. The van der Waals surface area contributed by atoms with Crippen molar-refractivity contribution in [3.8, 4) is 5.69 Å². The largest absolute Gasteiger partial charge is 0.204 e. The normalized spacial score (nSPS) is 16.2. The zero-order chi connectivity index (χ0) is 13.4. The molecule has 1 saturated carbocycles. The summed E-state index contributed by atoms with van der Waals surface area (Å²) in [5.41, 5.74) is -0.213. The summed E-state index contributed by atoms with van der Waals surface area (Å²) in [6.45, 7) is 0. The number of tetrazole rings is 1. The third-order valence-electron chi connectivity index (χ3n) is 3.41. The number of hydrogen-bond acceptors (Lipinski definition) is 3. The molecule has 1 heterocycles. The van der Waals surface area contributed by atoms with Crippen molar-refractivity contribution < 1.29 is 8.78 Å². The first-order chi connectivity index (χ1) is 9.16. The lowest BCUT2D eigenvalue weighted by molar-refractivity contribution is 0.540. The summed E-state index contributed by atoms with van der Waals surface area (Å²) in [6.07, 6.45) is 4.12. The molecule has 0 spiro atoms. The summed E-state index contributed by atoms with van der Waals surface area (Å²) in [4.78, 5) is 0. The number of rotatable bonds is 2. The molecule has 1 aromatic heterocycles. The average molecular weight is 329 g/mol. The van der Waals surface area contributed by atoms with E-state index in [4.69, 9.17) is 0 Å². The van der Waals surface area contributed by atoms with E-state index in [-0.39, 0.29) is 11.6 Å². The Labute approximate surface area is 116 Å². The number of benzene rings is 1. The van der Waals surface area contributed by atoms with Gasteiger partial charge in [0, 0.05) is 10.4 Å². The summed E-state index contributed by atoms with van der Waals surface area (Å²) in [5.74, 6) is -0.646. The van der Waals surface area contributed by atoms with E-state index in [9.17, 15) is 8.78 Å². The maximum Gasteiger partial charge on any atom is 0.160 e. The van der Waals surface area contributed by atoms with Crippen LogP contribution in [-0.4, -0.2) is 20.2 Å². The van der Waals surface area contributed by atoms with Gasteiger partial charge < -0.3 is 0 Å². The molecule has 1 aromatic carbocycles. The first-order valence-electron chi connectivity index (χ1n) is 6.10. The van der Waals surface area contributed by atoms with Crippen molar-refractivity contribution in [1.29, 1.82) is 0 Å². The predicted molar refractivity (Wildman–Crippen MR) is 68.0 cm³/mol. The number of nitrogens with zero attached hydrogens (tertiary/aromatic N) is 4. The SMILES string of the molecule is Fc1cc(Br)cc(F)c1-n1nnnc1C1CCCC1. The Balaban J connectivity index is 2.10. The van der Waals surface area contributed by atoms with Gasteiger partial charge in [-0.3, -0.25) is 0 Å². The van der Waals surface area contributed by atoms with Crippen molar-refractivity contribution in [2.45, 2.75) is 31.6 Å². The summed E-state index contributed by atoms with van der Waals surface area (Å²) in [6, 6.07) is 2.41. The quantitative estimate of drug-likeness (QED) is 0.849. The van der Waals surface area contributed by atoms with Crippen LogP contribution in [0.5, 0.6) is 0 Å². The minimum atomic E-state index is -0.682. The van der Waals surface area contributed by atoms with Crippen molar-refractivity contribution in [2.75, 3.05) is 0 Å². The van der Waals surface area contributed by atoms with Gasteiger partial charge in [-0.2, -0.15) is 4.68 Å². The number of hydrogen-bond donors (Lipinski definition) is 0. The van der Waals surface area contributed by atoms with Crippen LogP contribution in [0.4, 0.5) is 8.78 Å². The van der Waals surface area contributed by atoms with Gasteiger partial charge in [-0.25, -0.2) is 8.78 Å². The van der Waals surface area contributed by atoms with Crippen LogP contribution in [0.1, 0.15) is 37.4 Å². The smallest absolute Gasteiger partial charge is 0.160 e. The van der Waals surface area contributed by atoms with Crippen LogP contribution in [0.15, 0.2) is 16.6 Å². The van der Waals surface area contributed by atoms with Gasteiger partial charge in [-0.15, -0.1) is 5.10 Å². The van der Waals surface area contributed by atoms with Gasteiger partial charge in [0.1, 0.15) is 5.69 Å². The first-order valence-corrected chi connectivity index (χ1v) is 6.89. The highest BCUT2D eigenvalue weighted by atomic mass is 79.9. The third kappa shape index (κ3) is 2.27. The topological polar surface area (TPSA) is 43.6 Å². The molecule has 0 bridgehead atoms. The van der Waals surface area contributed by atoms with E-state index in [0.29, 0.717) is 10.3 Å². The third-order valence-corrected chi connectivity index (χ3v) is 3.87. The molecular weight excluding hydrogens is 318 g/mol. The highest BCUT2D eigenvalue weighted by Crippen LogP contribution is 2.34. The van der Waals surface area contributed by atoms with E-state index in [1.54, 1.807) is 0 Å².